The summed E-state index contributed by atoms with van der Waals surface area (Å²) in [5.41, 5.74) is 0. The molecule has 0 saturated carbocycles. The van der Waals surface area contributed by atoms with Crippen LogP contribution in [0.2, 0.25) is 0 Å². The van der Waals surface area contributed by atoms with Crippen molar-refractivity contribution in [3.05, 3.63) is 12.7 Å². The monoisotopic (exact) mass is 199 g/mol. The quantitative estimate of drug-likeness (QED) is 0.490. The first-order valence-electron chi connectivity index (χ1n) is 4.88. The number of amides is 1. The van der Waals surface area contributed by atoms with Crippen LogP contribution in [0.25, 0.3) is 0 Å². The van der Waals surface area contributed by atoms with Gasteiger partial charge in [0, 0.05) is 13.1 Å². The number of rotatable bonds is 6. The molecule has 14 heavy (non-hydrogen) atoms. The molecule has 1 aliphatic rings. The summed E-state index contributed by atoms with van der Waals surface area (Å²) in [6.07, 6.45) is 2.39. The van der Waals surface area contributed by atoms with Gasteiger partial charge in [0.05, 0.1) is 25.7 Å². The van der Waals surface area contributed by atoms with Crippen LogP contribution in [0.1, 0.15) is 12.8 Å². The number of carbonyl (C=O) groups is 1. The molecule has 0 aromatic rings. The molecule has 1 unspecified atom stereocenters. The standard InChI is InChI=1S/C10H17NO3/c1-2-3-5-14-6-4-11-8-9(12)7-10(11)13/h2,9,12H,1,3-8H2. The molecule has 1 N–H and O–H groups in total. The molecule has 1 atom stereocenters. The largest absolute Gasteiger partial charge is 0.391 e. The van der Waals surface area contributed by atoms with Crippen molar-refractivity contribution in [2.45, 2.75) is 18.9 Å². The number of hydrogen-bond acceptors (Lipinski definition) is 3. The van der Waals surface area contributed by atoms with Crippen LogP contribution in [0.3, 0.4) is 0 Å². The molecule has 0 radical (unpaired) electrons. The number of hydrogen-bond donors (Lipinski definition) is 1. The average Bonchev–Trinajstić information content (AvgIpc) is 2.45. The molecule has 1 amide bonds. The van der Waals surface area contributed by atoms with Crippen molar-refractivity contribution in [1.29, 1.82) is 0 Å². The molecular formula is C10H17NO3. The van der Waals surface area contributed by atoms with Crippen LogP contribution in [0.4, 0.5) is 0 Å². The molecule has 1 saturated heterocycles. The Morgan fingerprint density at radius 2 is 2.43 bits per heavy atom. The Kier molecular flexibility index (Phi) is 4.62. The van der Waals surface area contributed by atoms with E-state index >= 15 is 0 Å². The van der Waals surface area contributed by atoms with Crippen LogP contribution in [0.15, 0.2) is 12.7 Å². The van der Waals surface area contributed by atoms with E-state index in [1.165, 1.54) is 0 Å². The van der Waals surface area contributed by atoms with Gasteiger partial charge in [0.15, 0.2) is 0 Å². The Hall–Kier alpha value is -0.870. The Morgan fingerprint density at radius 3 is 3.00 bits per heavy atom. The molecule has 1 rings (SSSR count). The number of aliphatic hydroxyl groups is 1. The van der Waals surface area contributed by atoms with Gasteiger partial charge >= 0.3 is 0 Å². The molecule has 0 aromatic heterocycles. The molecule has 1 fully saturated rings. The van der Waals surface area contributed by atoms with Gasteiger partial charge in [-0.05, 0) is 6.42 Å². The predicted octanol–water partition coefficient (Wildman–Crippen LogP) is 0.172. The lowest BCUT2D eigenvalue weighted by Crippen LogP contribution is -2.29. The van der Waals surface area contributed by atoms with Crippen molar-refractivity contribution in [3.8, 4) is 0 Å². The van der Waals surface area contributed by atoms with E-state index in [-0.39, 0.29) is 12.3 Å². The summed E-state index contributed by atoms with van der Waals surface area (Å²) >= 11 is 0. The first kappa shape index (κ1) is 11.2. The van der Waals surface area contributed by atoms with Gasteiger partial charge in [-0.15, -0.1) is 6.58 Å². The predicted molar refractivity (Wildman–Crippen MR) is 52.8 cm³/mol. The molecule has 0 spiro atoms. The third-order valence-corrected chi connectivity index (χ3v) is 2.17. The van der Waals surface area contributed by atoms with Crippen molar-refractivity contribution < 1.29 is 14.6 Å². The maximum atomic E-state index is 11.2. The Bertz CT molecular complexity index is 206. The summed E-state index contributed by atoms with van der Waals surface area (Å²) in [5.74, 6) is 0.0184. The minimum Gasteiger partial charge on any atom is -0.391 e. The molecule has 4 heteroatoms. The third kappa shape index (κ3) is 3.47. The van der Waals surface area contributed by atoms with Crippen LogP contribution in [-0.2, 0) is 9.53 Å². The van der Waals surface area contributed by atoms with E-state index in [1.54, 1.807) is 11.0 Å². The van der Waals surface area contributed by atoms with E-state index in [4.69, 9.17) is 4.74 Å². The highest BCUT2D eigenvalue weighted by Crippen LogP contribution is 2.09. The molecule has 0 aromatic carbocycles. The Balaban J connectivity index is 2.06. The number of β-amino-alcohol motifs (C(OH)–C–C–N with tert-alkyl or cyclic N) is 1. The number of carbonyl (C=O) groups excluding carboxylic acids is 1. The number of ether oxygens (including phenoxy) is 1. The summed E-state index contributed by atoms with van der Waals surface area (Å²) in [7, 11) is 0. The third-order valence-electron chi connectivity index (χ3n) is 2.17. The lowest BCUT2D eigenvalue weighted by atomic mass is 10.3. The lowest BCUT2D eigenvalue weighted by Gasteiger charge is -2.15. The molecule has 0 bridgehead atoms. The highest BCUT2D eigenvalue weighted by atomic mass is 16.5. The van der Waals surface area contributed by atoms with E-state index in [0.717, 1.165) is 6.42 Å². The fraction of sp³-hybridized carbons (Fsp3) is 0.700. The van der Waals surface area contributed by atoms with Crippen molar-refractivity contribution >= 4 is 5.91 Å². The van der Waals surface area contributed by atoms with Crippen LogP contribution in [0, 0.1) is 0 Å². The van der Waals surface area contributed by atoms with Crippen molar-refractivity contribution in [3.63, 3.8) is 0 Å². The van der Waals surface area contributed by atoms with Gasteiger partial charge in [-0.25, -0.2) is 0 Å². The van der Waals surface area contributed by atoms with E-state index in [1.807, 2.05) is 0 Å². The smallest absolute Gasteiger partial charge is 0.225 e. The molecule has 80 valence electrons. The van der Waals surface area contributed by atoms with Crippen LogP contribution < -0.4 is 0 Å². The van der Waals surface area contributed by atoms with E-state index in [0.29, 0.717) is 26.3 Å². The highest BCUT2D eigenvalue weighted by molar-refractivity contribution is 5.78. The van der Waals surface area contributed by atoms with E-state index in [2.05, 4.69) is 6.58 Å². The van der Waals surface area contributed by atoms with Crippen molar-refractivity contribution in [2.24, 2.45) is 0 Å². The second-order valence-electron chi connectivity index (χ2n) is 3.39. The fourth-order valence-corrected chi connectivity index (χ4v) is 1.41. The van der Waals surface area contributed by atoms with Crippen LogP contribution in [0.5, 0.6) is 0 Å². The summed E-state index contributed by atoms with van der Waals surface area (Å²) in [5, 5.41) is 9.19. The SMILES string of the molecule is C=CCCOCCN1CC(O)CC1=O. The molecular weight excluding hydrogens is 182 g/mol. The second kappa shape index (κ2) is 5.78. The van der Waals surface area contributed by atoms with Gasteiger partial charge in [0.25, 0.3) is 0 Å². The summed E-state index contributed by atoms with van der Waals surface area (Å²) < 4.78 is 5.27. The van der Waals surface area contributed by atoms with Gasteiger partial charge in [0.1, 0.15) is 0 Å². The summed E-state index contributed by atoms with van der Waals surface area (Å²) in [6, 6.07) is 0. The zero-order valence-electron chi connectivity index (χ0n) is 8.32. The summed E-state index contributed by atoms with van der Waals surface area (Å²) in [6.45, 7) is 5.79. The fourth-order valence-electron chi connectivity index (χ4n) is 1.41. The average molecular weight is 199 g/mol. The molecule has 1 heterocycles. The second-order valence-corrected chi connectivity index (χ2v) is 3.39. The minimum absolute atomic E-state index is 0.0184. The maximum absolute atomic E-state index is 11.2. The minimum atomic E-state index is -0.490. The zero-order chi connectivity index (χ0) is 10.4. The van der Waals surface area contributed by atoms with Crippen LogP contribution in [-0.4, -0.2) is 48.3 Å². The van der Waals surface area contributed by atoms with Gasteiger partial charge in [0.2, 0.25) is 5.91 Å². The van der Waals surface area contributed by atoms with Crippen molar-refractivity contribution in [2.75, 3.05) is 26.3 Å². The number of likely N-dealkylation sites (tertiary alicyclic amines) is 1. The van der Waals surface area contributed by atoms with E-state index in [9.17, 15) is 9.90 Å². The van der Waals surface area contributed by atoms with Gasteiger partial charge in [-0.1, -0.05) is 6.08 Å². The first-order valence-corrected chi connectivity index (χ1v) is 4.88. The topological polar surface area (TPSA) is 49.8 Å². The molecule has 1 aliphatic heterocycles. The number of aliphatic hydroxyl groups excluding tert-OH is 1. The van der Waals surface area contributed by atoms with Gasteiger partial charge in [-0.3, -0.25) is 4.79 Å². The van der Waals surface area contributed by atoms with E-state index < -0.39 is 6.10 Å². The number of nitrogens with zero attached hydrogens (tertiary/aromatic N) is 1. The highest BCUT2D eigenvalue weighted by Gasteiger charge is 2.27. The first-order chi connectivity index (χ1) is 6.74. The lowest BCUT2D eigenvalue weighted by molar-refractivity contribution is -0.128. The zero-order valence-corrected chi connectivity index (χ0v) is 8.32. The normalized spacial score (nSPS) is 21.6. The maximum Gasteiger partial charge on any atom is 0.225 e. The Labute approximate surface area is 84.2 Å². The van der Waals surface area contributed by atoms with Crippen LogP contribution >= 0.6 is 0 Å². The van der Waals surface area contributed by atoms with Gasteiger partial charge < -0.3 is 14.7 Å². The molecule has 0 aliphatic carbocycles. The Morgan fingerprint density at radius 1 is 1.64 bits per heavy atom. The van der Waals surface area contributed by atoms with Gasteiger partial charge in [-0.2, -0.15) is 0 Å². The molecule has 4 nitrogen and oxygen atoms in total. The summed E-state index contributed by atoms with van der Waals surface area (Å²) in [4.78, 5) is 12.8. The van der Waals surface area contributed by atoms with Crippen molar-refractivity contribution in [1.82, 2.24) is 4.90 Å².